The number of benzene rings is 2. The van der Waals surface area contributed by atoms with Gasteiger partial charge in [-0.05, 0) is 25.1 Å². The van der Waals surface area contributed by atoms with Crippen LogP contribution < -0.4 is 31.1 Å². The number of phenols is 3. The predicted octanol–water partition coefficient (Wildman–Crippen LogP) is -4.48. The zero-order chi connectivity index (χ0) is 41.2. The molecular weight excluding hydrogens is 728 g/mol. The van der Waals surface area contributed by atoms with Crippen molar-refractivity contribution in [3.63, 3.8) is 0 Å². The van der Waals surface area contributed by atoms with Crippen LogP contribution in [0.3, 0.4) is 0 Å². The van der Waals surface area contributed by atoms with Crippen molar-refractivity contribution in [1.82, 2.24) is 31.1 Å². The summed E-state index contributed by atoms with van der Waals surface area (Å²) < 4.78 is 0.219. The van der Waals surface area contributed by atoms with E-state index in [1.165, 1.54) is 36.4 Å². The molecule has 0 aliphatic carbocycles. The topological polar surface area (TPSA) is 328 Å². The van der Waals surface area contributed by atoms with Gasteiger partial charge in [-0.3, -0.25) is 28.5 Å². The largest absolute Gasteiger partial charge is 0.507 e. The van der Waals surface area contributed by atoms with Gasteiger partial charge in [0.05, 0.1) is 76.3 Å². The van der Waals surface area contributed by atoms with Gasteiger partial charge in [-0.15, -0.1) is 0 Å². The van der Waals surface area contributed by atoms with E-state index in [9.17, 15) is 69.9 Å². The molecule has 1 heterocycles. The maximum absolute atomic E-state index is 13.1. The van der Waals surface area contributed by atoms with E-state index in [0.29, 0.717) is 12.1 Å². The Labute approximate surface area is 316 Å². The summed E-state index contributed by atoms with van der Waals surface area (Å²) in [6, 6.07) is 1.56. The standard InChI is InChI=1S/C35H50N6O14/c1-17(45)31(40-30(51)11-20(46)10-27(48)22(14-42)37-32(52)21-6-4-5-7-26(21)47)35(55)39-24(16-44)34(54)38-23(15-43)33(53)36-19-8-18-9-28(49)29(50)12-25(18)41(2,3)13-19/h4-7,9,12,17,19-20,22-24,27,31,42-46,48H,8,10-11,13-16H2,1-3H3,(H7-,36,37,38,39,40,47,49,50,51,52,53,54,55)/p+1/t17?,19-,20+,22-,23-,24+,27-,31?/m0/s1. The van der Waals surface area contributed by atoms with E-state index in [-0.39, 0.29) is 33.7 Å². The SMILES string of the molecule is CC(O)C(NC(=O)C[C@H](O)C[C@H](O)[C@H](CO)NC(=O)c1ccccc1O)C(=O)N[C@H](CO)C(=O)N[C@@H](CO)C(=O)N[C@H]1Cc2cc(O)c(O)cc2[N+](C)(C)C1. The quantitative estimate of drug-likeness (QED) is 0.0502. The van der Waals surface area contributed by atoms with Crippen molar-refractivity contribution < 1.29 is 69.9 Å². The lowest BCUT2D eigenvalue weighted by Crippen LogP contribution is -2.62. The summed E-state index contributed by atoms with van der Waals surface area (Å²) in [5, 5.41) is 102. The number of carbonyl (C=O) groups is 5. The normalized spacial score (nSPS) is 18.5. The van der Waals surface area contributed by atoms with Gasteiger partial charge in [0.15, 0.2) is 11.5 Å². The highest BCUT2D eigenvalue weighted by atomic mass is 16.3. The summed E-state index contributed by atoms with van der Waals surface area (Å²) in [7, 11) is 3.64. The van der Waals surface area contributed by atoms with Crippen LogP contribution in [0.15, 0.2) is 36.4 Å². The Balaban J connectivity index is 1.55. The van der Waals surface area contributed by atoms with E-state index in [4.69, 9.17) is 0 Å². The van der Waals surface area contributed by atoms with Crippen molar-refractivity contribution in [3.8, 4) is 17.2 Å². The van der Waals surface area contributed by atoms with Crippen molar-refractivity contribution >= 4 is 35.2 Å². The second-order valence-corrected chi connectivity index (χ2v) is 14.0. The lowest BCUT2D eigenvalue weighted by molar-refractivity contribution is -0.136. The molecule has 2 aromatic rings. The van der Waals surface area contributed by atoms with E-state index >= 15 is 0 Å². The third-order valence-corrected chi connectivity index (χ3v) is 9.09. The van der Waals surface area contributed by atoms with Gasteiger partial charge in [-0.1, -0.05) is 12.1 Å². The van der Waals surface area contributed by atoms with Crippen LogP contribution in [-0.4, -0.2) is 164 Å². The summed E-state index contributed by atoms with van der Waals surface area (Å²) in [6.07, 6.45) is -5.70. The Morgan fingerprint density at radius 1 is 0.782 bits per heavy atom. The van der Waals surface area contributed by atoms with Crippen molar-refractivity contribution in [3.05, 3.63) is 47.5 Å². The van der Waals surface area contributed by atoms with Gasteiger partial charge in [0, 0.05) is 24.5 Å². The first-order valence-electron chi connectivity index (χ1n) is 17.4. The number of hydrogen-bond acceptors (Lipinski definition) is 14. The number of fused-ring (bicyclic) bond motifs is 1. The highest BCUT2D eigenvalue weighted by Gasteiger charge is 2.37. The van der Waals surface area contributed by atoms with Gasteiger partial charge in [0.25, 0.3) is 5.91 Å². The number of hydrogen-bond donors (Lipinski definition) is 14. The van der Waals surface area contributed by atoms with Crippen LogP contribution in [0.1, 0.15) is 35.7 Å². The second kappa shape index (κ2) is 19.5. The molecule has 0 fully saturated rings. The smallest absolute Gasteiger partial charge is 0.255 e. The summed E-state index contributed by atoms with van der Waals surface area (Å²) in [6.45, 7) is -1.15. The number of phenolic OH excluding ortho intramolecular Hbond substituents is 3. The van der Waals surface area contributed by atoms with Crippen molar-refractivity contribution in [2.75, 3.05) is 40.5 Å². The van der Waals surface area contributed by atoms with E-state index in [1.807, 2.05) is 14.1 Å². The highest BCUT2D eigenvalue weighted by molar-refractivity contribution is 5.97. The summed E-state index contributed by atoms with van der Waals surface area (Å²) >= 11 is 0. The van der Waals surface area contributed by atoms with Gasteiger partial charge in [0.2, 0.25) is 23.6 Å². The number of aromatic hydroxyl groups is 3. The lowest BCUT2D eigenvalue weighted by Gasteiger charge is -2.39. The maximum atomic E-state index is 13.1. The zero-order valence-electron chi connectivity index (χ0n) is 30.5. The Morgan fingerprint density at radius 3 is 1.98 bits per heavy atom. The van der Waals surface area contributed by atoms with E-state index in [0.717, 1.165) is 12.6 Å². The van der Waals surface area contributed by atoms with Crippen LogP contribution in [0.4, 0.5) is 5.69 Å². The molecule has 20 nitrogen and oxygen atoms in total. The minimum absolute atomic E-state index is 0.132. The van der Waals surface area contributed by atoms with Gasteiger partial charge in [-0.2, -0.15) is 0 Å². The number of nitrogens with one attached hydrogen (secondary N) is 5. The molecule has 2 unspecified atom stereocenters. The molecule has 0 saturated carbocycles. The molecule has 304 valence electrons. The molecule has 2 aromatic carbocycles. The monoisotopic (exact) mass is 779 g/mol. The minimum Gasteiger partial charge on any atom is -0.507 e. The van der Waals surface area contributed by atoms with Crippen LogP contribution in [0.5, 0.6) is 17.2 Å². The number of quaternary nitrogens is 1. The average molecular weight is 780 g/mol. The molecule has 0 radical (unpaired) electrons. The van der Waals surface area contributed by atoms with Crippen molar-refractivity contribution in [2.45, 2.75) is 74.7 Å². The second-order valence-electron chi connectivity index (χ2n) is 14.0. The maximum Gasteiger partial charge on any atom is 0.255 e. The number of aliphatic hydroxyl groups is 6. The van der Waals surface area contributed by atoms with Gasteiger partial charge < -0.3 is 72.5 Å². The molecule has 3 rings (SSSR count). The fourth-order valence-corrected chi connectivity index (χ4v) is 6.19. The third kappa shape index (κ3) is 11.9. The molecule has 1 aliphatic rings. The Morgan fingerprint density at radius 2 is 1.38 bits per heavy atom. The van der Waals surface area contributed by atoms with Crippen LogP contribution in [0, 0.1) is 0 Å². The first kappa shape index (κ1) is 44.3. The van der Waals surface area contributed by atoms with E-state index in [1.54, 1.807) is 0 Å². The van der Waals surface area contributed by atoms with Crippen LogP contribution in [-0.2, 0) is 25.6 Å². The van der Waals surface area contributed by atoms with E-state index < -0.39 is 111 Å². The molecule has 8 atom stereocenters. The molecular formula is C35H51N6O14+. The molecule has 20 heteroatoms. The number of amides is 5. The first-order valence-corrected chi connectivity index (χ1v) is 17.4. The molecule has 55 heavy (non-hydrogen) atoms. The number of carbonyl (C=O) groups excluding carboxylic acids is 5. The number of aliphatic hydroxyl groups excluding tert-OH is 6. The Hall–Kier alpha value is -5.09. The Kier molecular flexibility index (Phi) is 15.7. The zero-order valence-corrected chi connectivity index (χ0v) is 30.5. The number of nitrogens with zero attached hydrogens (tertiary/aromatic N) is 1. The summed E-state index contributed by atoms with van der Waals surface area (Å²) in [4.78, 5) is 64.4. The molecule has 1 aliphatic heterocycles. The average Bonchev–Trinajstić information content (AvgIpc) is 3.10. The van der Waals surface area contributed by atoms with Gasteiger partial charge in [-0.25, -0.2) is 0 Å². The molecule has 0 spiro atoms. The number of para-hydroxylation sites is 1. The highest BCUT2D eigenvalue weighted by Crippen LogP contribution is 2.38. The van der Waals surface area contributed by atoms with Gasteiger partial charge >= 0.3 is 0 Å². The first-order chi connectivity index (χ1) is 25.8. The third-order valence-electron chi connectivity index (χ3n) is 9.09. The van der Waals surface area contributed by atoms with Crippen molar-refractivity contribution in [1.29, 1.82) is 0 Å². The fraction of sp³-hybridized carbons (Fsp3) is 0.514. The predicted molar refractivity (Wildman–Crippen MR) is 193 cm³/mol. The fourth-order valence-electron chi connectivity index (χ4n) is 6.19. The van der Waals surface area contributed by atoms with Crippen LogP contribution in [0.2, 0.25) is 0 Å². The Bertz CT molecular complexity index is 1690. The molecule has 0 aromatic heterocycles. The van der Waals surface area contributed by atoms with Crippen LogP contribution in [0.25, 0.3) is 0 Å². The molecule has 0 bridgehead atoms. The molecule has 5 amide bonds. The molecule has 0 saturated heterocycles. The number of likely N-dealkylation sites (N-methyl/N-ethyl adjacent to an activating group) is 1. The van der Waals surface area contributed by atoms with Crippen LogP contribution >= 0.6 is 0 Å². The van der Waals surface area contributed by atoms with E-state index in [2.05, 4.69) is 26.6 Å². The van der Waals surface area contributed by atoms with Gasteiger partial charge in [0.1, 0.15) is 36.1 Å². The summed E-state index contributed by atoms with van der Waals surface area (Å²) in [5.74, 6) is -5.81. The number of rotatable bonds is 18. The molecule has 14 N–H and O–H groups in total. The minimum atomic E-state index is -1.72. The van der Waals surface area contributed by atoms with Crippen molar-refractivity contribution in [2.24, 2.45) is 0 Å². The summed E-state index contributed by atoms with van der Waals surface area (Å²) in [5.41, 5.74) is 1.24. The lowest BCUT2D eigenvalue weighted by atomic mass is 9.95.